The lowest BCUT2D eigenvalue weighted by atomic mass is 9.94. The topological polar surface area (TPSA) is 146 Å². The van der Waals surface area contributed by atoms with Crippen LogP contribution in [0, 0.1) is 5.92 Å². The number of ether oxygens (including phenoxy) is 3. The van der Waals surface area contributed by atoms with Crippen LogP contribution in [0.5, 0.6) is 0 Å². The highest BCUT2D eigenvalue weighted by Crippen LogP contribution is 2.23. The smallest absolute Gasteiger partial charge is 0.309 e. The predicted molar refractivity (Wildman–Crippen MR) is 136 cm³/mol. The highest BCUT2D eigenvalue weighted by atomic mass is 16.7. The summed E-state index contributed by atoms with van der Waals surface area (Å²) in [6.45, 7) is 3.25. The van der Waals surface area contributed by atoms with E-state index in [4.69, 9.17) is 14.2 Å². The fraction of sp³-hybridized carbons (Fsp3) is 0.963. The molecule has 36 heavy (non-hydrogen) atoms. The average Bonchev–Trinajstić information content (AvgIpc) is 2.88. The van der Waals surface area contributed by atoms with E-state index < -0.39 is 43.4 Å². The van der Waals surface area contributed by atoms with E-state index in [2.05, 4.69) is 13.8 Å². The molecule has 0 saturated carbocycles. The molecule has 9 nitrogen and oxygen atoms in total. The molecule has 1 aliphatic rings. The van der Waals surface area contributed by atoms with Gasteiger partial charge < -0.3 is 39.7 Å². The summed E-state index contributed by atoms with van der Waals surface area (Å²) in [5.41, 5.74) is 0. The molecule has 1 fully saturated rings. The minimum atomic E-state index is -1.56. The zero-order valence-electron chi connectivity index (χ0n) is 22.4. The van der Waals surface area contributed by atoms with Gasteiger partial charge in [-0.25, -0.2) is 0 Å². The standard InChI is InChI=1S/C27H52O9/c1-3-5-7-9-10-12-14-16-20(15-13-11-8-6-4-2)26(33)34-18-21(29)19-35-27-25(32)24(31)23(30)22(17-28)36-27/h20-25,27-32H,3-19H2,1-2H3/t20?,21?,22-,23-,24+,25-,27?/m1/s1. The molecular formula is C27H52O9. The van der Waals surface area contributed by atoms with Gasteiger partial charge in [-0.05, 0) is 12.8 Å². The van der Waals surface area contributed by atoms with Gasteiger partial charge in [0.1, 0.15) is 37.1 Å². The Balaban J connectivity index is 2.42. The summed E-state index contributed by atoms with van der Waals surface area (Å²) in [6, 6.07) is 0. The first-order chi connectivity index (χ1) is 17.3. The van der Waals surface area contributed by atoms with Gasteiger partial charge in [0, 0.05) is 0 Å². The molecular weight excluding hydrogens is 468 g/mol. The number of unbranched alkanes of at least 4 members (excludes halogenated alkanes) is 10. The fourth-order valence-electron chi connectivity index (χ4n) is 4.48. The van der Waals surface area contributed by atoms with Gasteiger partial charge in [0.05, 0.1) is 19.1 Å². The van der Waals surface area contributed by atoms with Crippen LogP contribution in [0.3, 0.4) is 0 Å². The lowest BCUT2D eigenvalue weighted by Crippen LogP contribution is -2.59. The molecule has 214 valence electrons. The number of aliphatic hydroxyl groups excluding tert-OH is 5. The van der Waals surface area contributed by atoms with Gasteiger partial charge in [-0.1, -0.05) is 90.9 Å². The van der Waals surface area contributed by atoms with Gasteiger partial charge in [-0.15, -0.1) is 0 Å². The summed E-state index contributed by atoms with van der Waals surface area (Å²) >= 11 is 0. The van der Waals surface area contributed by atoms with E-state index in [1.54, 1.807) is 0 Å². The van der Waals surface area contributed by atoms with Crippen LogP contribution in [0.15, 0.2) is 0 Å². The van der Waals surface area contributed by atoms with Crippen LogP contribution in [0.4, 0.5) is 0 Å². The van der Waals surface area contributed by atoms with Gasteiger partial charge in [-0.3, -0.25) is 4.79 Å². The summed E-state index contributed by atoms with van der Waals surface area (Å²) in [5.74, 6) is -0.482. The van der Waals surface area contributed by atoms with Crippen LogP contribution < -0.4 is 0 Å². The summed E-state index contributed by atoms with van der Waals surface area (Å²) in [6.07, 6.45) is 7.35. The number of esters is 1. The van der Waals surface area contributed by atoms with E-state index in [1.165, 1.54) is 51.4 Å². The molecule has 9 heteroatoms. The summed E-state index contributed by atoms with van der Waals surface area (Å²) in [5, 5.41) is 49.1. The molecule has 0 aromatic heterocycles. The van der Waals surface area contributed by atoms with E-state index >= 15 is 0 Å². The van der Waals surface area contributed by atoms with Crippen molar-refractivity contribution >= 4 is 5.97 Å². The molecule has 1 rings (SSSR count). The van der Waals surface area contributed by atoms with Crippen LogP contribution in [-0.4, -0.2) is 88.1 Å². The SMILES string of the molecule is CCCCCCCCCC(CCCCCCC)C(=O)OCC(O)COC1O[C@H](CO)[C@@H](O)[C@H](O)[C@H]1O. The monoisotopic (exact) mass is 520 g/mol. The molecule has 0 aliphatic carbocycles. The van der Waals surface area contributed by atoms with E-state index in [-0.39, 0.29) is 25.1 Å². The first kappa shape index (κ1) is 33.2. The Bertz CT molecular complexity index is 545. The van der Waals surface area contributed by atoms with Crippen molar-refractivity contribution < 1.29 is 44.5 Å². The Morgan fingerprint density at radius 2 is 1.31 bits per heavy atom. The third-order valence-electron chi connectivity index (χ3n) is 6.86. The second-order valence-corrected chi connectivity index (χ2v) is 10.1. The summed E-state index contributed by atoms with van der Waals surface area (Å²) in [7, 11) is 0. The third kappa shape index (κ3) is 13.1. The molecule has 7 atom stereocenters. The quantitative estimate of drug-likeness (QED) is 0.114. The van der Waals surface area contributed by atoms with Crippen molar-refractivity contribution in [1.82, 2.24) is 0 Å². The van der Waals surface area contributed by atoms with Crippen molar-refractivity contribution in [3.63, 3.8) is 0 Å². The highest BCUT2D eigenvalue weighted by Gasteiger charge is 2.44. The first-order valence-electron chi connectivity index (χ1n) is 14.1. The van der Waals surface area contributed by atoms with Crippen molar-refractivity contribution in [2.45, 2.75) is 141 Å². The molecule has 1 aliphatic heterocycles. The third-order valence-corrected chi connectivity index (χ3v) is 6.86. The predicted octanol–water partition coefficient (Wildman–Crippen LogP) is 2.82. The molecule has 3 unspecified atom stereocenters. The largest absolute Gasteiger partial charge is 0.463 e. The number of hydrogen-bond acceptors (Lipinski definition) is 9. The van der Waals surface area contributed by atoms with Crippen molar-refractivity contribution in [2.75, 3.05) is 19.8 Å². The Kier molecular flexibility index (Phi) is 18.6. The second-order valence-electron chi connectivity index (χ2n) is 10.1. The fourth-order valence-corrected chi connectivity index (χ4v) is 4.48. The normalized spacial score (nSPS) is 26.0. The van der Waals surface area contributed by atoms with Gasteiger partial charge >= 0.3 is 5.97 Å². The maximum atomic E-state index is 12.8. The number of carbonyl (C=O) groups is 1. The highest BCUT2D eigenvalue weighted by molar-refractivity contribution is 5.72. The molecule has 1 saturated heterocycles. The minimum Gasteiger partial charge on any atom is -0.463 e. The second kappa shape index (κ2) is 20.2. The van der Waals surface area contributed by atoms with Crippen molar-refractivity contribution in [2.24, 2.45) is 5.92 Å². The van der Waals surface area contributed by atoms with E-state index in [0.717, 1.165) is 38.5 Å². The zero-order chi connectivity index (χ0) is 26.8. The molecule has 5 N–H and O–H groups in total. The summed E-state index contributed by atoms with van der Waals surface area (Å²) < 4.78 is 16.0. The summed E-state index contributed by atoms with van der Waals surface area (Å²) in [4.78, 5) is 12.8. The van der Waals surface area contributed by atoms with Crippen LogP contribution in [0.2, 0.25) is 0 Å². The molecule has 0 radical (unpaired) electrons. The Labute approximate surface area is 217 Å². The van der Waals surface area contributed by atoms with Crippen LogP contribution in [0.25, 0.3) is 0 Å². The van der Waals surface area contributed by atoms with Gasteiger partial charge in [-0.2, -0.15) is 0 Å². The van der Waals surface area contributed by atoms with E-state index in [0.29, 0.717) is 0 Å². The van der Waals surface area contributed by atoms with Crippen LogP contribution >= 0.6 is 0 Å². The molecule has 1 heterocycles. The van der Waals surface area contributed by atoms with Crippen molar-refractivity contribution in [1.29, 1.82) is 0 Å². The Hall–Kier alpha value is -0.810. The maximum Gasteiger partial charge on any atom is 0.309 e. The Morgan fingerprint density at radius 3 is 1.83 bits per heavy atom. The van der Waals surface area contributed by atoms with Gasteiger partial charge in [0.25, 0.3) is 0 Å². The Morgan fingerprint density at radius 1 is 0.778 bits per heavy atom. The average molecular weight is 521 g/mol. The van der Waals surface area contributed by atoms with Crippen molar-refractivity contribution in [3.8, 4) is 0 Å². The number of aliphatic hydroxyl groups is 5. The molecule has 0 aromatic rings. The lowest BCUT2D eigenvalue weighted by molar-refractivity contribution is -0.305. The molecule has 0 spiro atoms. The zero-order valence-corrected chi connectivity index (χ0v) is 22.4. The minimum absolute atomic E-state index is 0.180. The van der Waals surface area contributed by atoms with E-state index in [1.807, 2.05) is 0 Å². The van der Waals surface area contributed by atoms with Gasteiger partial charge in [0.2, 0.25) is 0 Å². The first-order valence-corrected chi connectivity index (χ1v) is 14.1. The molecule has 0 aromatic carbocycles. The van der Waals surface area contributed by atoms with Crippen LogP contribution in [0.1, 0.15) is 104 Å². The number of hydrogen-bond donors (Lipinski definition) is 5. The maximum absolute atomic E-state index is 12.8. The molecule has 0 amide bonds. The number of carbonyl (C=O) groups excluding carboxylic acids is 1. The lowest BCUT2D eigenvalue weighted by Gasteiger charge is -2.39. The van der Waals surface area contributed by atoms with E-state index in [9.17, 15) is 30.3 Å². The van der Waals surface area contributed by atoms with Gasteiger partial charge in [0.15, 0.2) is 6.29 Å². The number of rotatable bonds is 21. The van der Waals surface area contributed by atoms with Crippen molar-refractivity contribution in [3.05, 3.63) is 0 Å². The van der Waals surface area contributed by atoms with Crippen LogP contribution in [-0.2, 0) is 19.0 Å². The molecule has 0 bridgehead atoms.